The Balaban J connectivity index is 2.08. The van der Waals surface area contributed by atoms with E-state index in [1.807, 2.05) is 0 Å². The third-order valence-corrected chi connectivity index (χ3v) is 4.83. The zero-order chi connectivity index (χ0) is 17.1. The van der Waals surface area contributed by atoms with E-state index in [1.165, 1.54) is 22.1 Å². The molecule has 0 atom stereocenters. The molecule has 3 aromatic rings. The van der Waals surface area contributed by atoms with Crippen LogP contribution in [-0.4, -0.2) is 31.2 Å². The number of benzene rings is 2. The average Bonchev–Trinajstić information content (AvgIpc) is 2.62. The summed E-state index contributed by atoms with van der Waals surface area (Å²) in [5, 5.41) is 2.41. The molecule has 126 valence electrons. The van der Waals surface area contributed by atoms with E-state index in [9.17, 15) is 0 Å². The van der Waals surface area contributed by atoms with Gasteiger partial charge in [-0.2, -0.15) is 0 Å². The van der Waals surface area contributed by atoms with Gasteiger partial charge in [0.1, 0.15) is 0 Å². The number of aromatic nitrogens is 1. The highest BCUT2D eigenvalue weighted by atomic mass is 15.1. The van der Waals surface area contributed by atoms with E-state index in [0.29, 0.717) is 0 Å². The van der Waals surface area contributed by atoms with E-state index >= 15 is 0 Å². The molecule has 0 N–H and O–H groups in total. The zero-order valence-corrected chi connectivity index (χ0v) is 15.2. The van der Waals surface area contributed by atoms with Crippen LogP contribution in [0.2, 0.25) is 0 Å². The number of nitrogens with zero attached hydrogens (tertiary/aromatic N) is 3. The summed E-state index contributed by atoms with van der Waals surface area (Å²) < 4.78 is 0. The minimum Gasteiger partial charge on any atom is -0.372 e. The summed E-state index contributed by atoms with van der Waals surface area (Å²) in [6.07, 6.45) is 0. The van der Waals surface area contributed by atoms with E-state index in [0.717, 1.165) is 37.2 Å². The molecule has 3 rings (SSSR count). The van der Waals surface area contributed by atoms with Crippen molar-refractivity contribution < 1.29 is 0 Å². The Labute approximate surface area is 144 Å². The summed E-state index contributed by atoms with van der Waals surface area (Å²) >= 11 is 0. The molecule has 2 aromatic carbocycles. The molecule has 3 nitrogen and oxygen atoms in total. The van der Waals surface area contributed by atoms with Crippen LogP contribution in [-0.2, 0) is 0 Å². The minimum atomic E-state index is 1.02. The first kappa shape index (κ1) is 16.6. The molecule has 1 heterocycles. The maximum Gasteiger partial charge on any atom is 0.0730 e. The van der Waals surface area contributed by atoms with Crippen LogP contribution in [0.3, 0.4) is 0 Å². The smallest absolute Gasteiger partial charge is 0.0730 e. The number of hydrogen-bond acceptors (Lipinski definition) is 3. The van der Waals surface area contributed by atoms with Crippen molar-refractivity contribution in [1.29, 1.82) is 0 Å². The van der Waals surface area contributed by atoms with Crippen molar-refractivity contribution in [3.8, 4) is 0 Å². The largest absolute Gasteiger partial charge is 0.372 e. The lowest BCUT2D eigenvalue weighted by Gasteiger charge is -2.22. The Morgan fingerprint density at radius 3 is 1.83 bits per heavy atom. The van der Waals surface area contributed by atoms with Crippen LogP contribution in [0.15, 0.2) is 42.5 Å². The van der Waals surface area contributed by atoms with Gasteiger partial charge in [-0.05, 0) is 64.1 Å². The quantitative estimate of drug-likeness (QED) is 0.590. The SMILES string of the molecule is CCN(CC)c1ccc2nc3cc(N(CC)CC)ccc3cc2c1. The zero-order valence-electron chi connectivity index (χ0n) is 15.2. The molecule has 3 heteroatoms. The normalized spacial score (nSPS) is 11.2. The highest BCUT2D eigenvalue weighted by molar-refractivity contribution is 5.95. The van der Waals surface area contributed by atoms with Crippen LogP contribution < -0.4 is 9.80 Å². The summed E-state index contributed by atoms with van der Waals surface area (Å²) in [6.45, 7) is 12.9. The Bertz CT molecular complexity index is 761. The minimum absolute atomic E-state index is 1.02. The lowest BCUT2D eigenvalue weighted by Crippen LogP contribution is -2.21. The third-order valence-electron chi connectivity index (χ3n) is 4.83. The predicted octanol–water partition coefficient (Wildman–Crippen LogP) is 5.08. The third kappa shape index (κ3) is 3.03. The van der Waals surface area contributed by atoms with Gasteiger partial charge in [-0.25, -0.2) is 4.98 Å². The van der Waals surface area contributed by atoms with Crippen molar-refractivity contribution >= 4 is 33.2 Å². The van der Waals surface area contributed by atoms with Crippen LogP contribution in [0.1, 0.15) is 27.7 Å². The van der Waals surface area contributed by atoms with Crippen molar-refractivity contribution in [3.63, 3.8) is 0 Å². The first-order chi connectivity index (χ1) is 11.7. The van der Waals surface area contributed by atoms with Gasteiger partial charge in [-0.15, -0.1) is 0 Å². The van der Waals surface area contributed by atoms with Crippen LogP contribution >= 0.6 is 0 Å². The van der Waals surface area contributed by atoms with Gasteiger partial charge in [0.05, 0.1) is 11.0 Å². The fourth-order valence-corrected chi connectivity index (χ4v) is 3.38. The fraction of sp³-hybridized carbons (Fsp3) is 0.381. The van der Waals surface area contributed by atoms with Gasteiger partial charge >= 0.3 is 0 Å². The van der Waals surface area contributed by atoms with Crippen LogP contribution in [0, 0.1) is 0 Å². The molecule has 0 bridgehead atoms. The molecule has 24 heavy (non-hydrogen) atoms. The van der Waals surface area contributed by atoms with Gasteiger partial charge in [0.25, 0.3) is 0 Å². The Hall–Kier alpha value is -2.29. The summed E-state index contributed by atoms with van der Waals surface area (Å²) in [5.74, 6) is 0. The number of fused-ring (bicyclic) bond motifs is 2. The molecule has 0 aliphatic carbocycles. The molecule has 0 saturated heterocycles. The topological polar surface area (TPSA) is 19.4 Å². The van der Waals surface area contributed by atoms with Gasteiger partial charge in [0, 0.05) is 48.3 Å². The number of anilines is 2. The van der Waals surface area contributed by atoms with Crippen molar-refractivity contribution in [2.75, 3.05) is 36.0 Å². The first-order valence-electron chi connectivity index (χ1n) is 9.04. The fourth-order valence-electron chi connectivity index (χ4n) is 3.38. The Morgan fingerprint density at radius 2 is 1.21 bits per heavy atom. The number of hydrogen-bond donors (Lipinski definition) is 0. The van der Waals surface area contributed by atoms with Crippen LogP contribution in [0.5, 0.6) is 0 Å². The molecule has 0 spiro atoms. The lowest BCUT2D eigenvalue weighted by molar-refractivity contribution is 0.867. The van der Waals surface area contributed by atoms with Gasteiger partial charge in [0.2, 0.25) is 0 Å². The van der Waals surface area contributed by atoms with E-state index in [-0.39, 0.29) is 0 Å². The molecule has 0 unspecified atom stereocenters. The van der Waals surface area contributed by atoms with Crippen molar-refractivity contribution in [3.05, 3.63) is 42.5 Å². The second kappa shape index (κ2) is 7.08. The molecule has 0 aliphatic heterocycles. The second-order valence-electron chi connectivity index (χ2n) is 6.09. The van der Waals surface area contributed by atoms with E-state index in [2.05, 4.69) is 80.0 Å². The maximum absolute atomic E-state index is 4.90. The summed E-state index contributed by atoms with van der Waals surface area (Å²) in [6, 6.07) is 15.5. The Kier molecular flexibility index (Phi) is 4.89. The van der Waals surface area contributed by atoms with E-state index < -0.39 is 0 Å². The van der Waals surface area contributed by atoms with E-state index in [4.69, 9.17) is 4.98 Å². The van der Waals surface area contributed by atoms with Crippen LogP contribution in [0.25, 0.3) is 21.8 Å². The van der Waals surface area contributed by atoms with Gasteiger partial charge in [0.15, 0.2) is 0 Å². The summed E-state index contributed by atoms with van der Waals surface area (Å²) in [4.78, 5) is 9.62. The molecule has 0 fully saturated rings. The van der Waals surface area contributed by atoms with E-state index in [1.54, 1.807) is 0 Å². The highest BCUT2D eigenvalue weighted by Crippen LogP contribution is 2.27. The van der Waals surface area contributed by atoms with Crippen molar-refractivity contribution in [2.24, 2.45) is 0 Å². The molecule has 0 radical (unpaired) electrons. The molecule has 0 amide bonds. The van der Waals surface area contributed by atoms with Crippen LogP contribution in [0.4, 0.5) is 11.4 Å². The van der Waals surface area contributed by atoms with Gasteiger partial charge in [-0.1, -0.05) is 6.07 Å². The average molecular weight is 321 g/mol. The maximum atomic E-state index is 4.90. The van der Waals surface area contributed by atoms with Gasteiger partial charge in [-0.3, -0.25) is 0 Å². The summed E-state index contributed by atoms with van der Waals surface area (Å²) in [5.41, 5.74) is 4.66. The Morgan fingerprint density at radius 1 is 0.625 bits per heavy atom. The molecule has 0 saturated carbocycles. The molecule has 0 aliphatic rings. The summed E-state index contributed by atoms with van der Waals surface area (Å²) in [7, 11) is 0. The number of rotatable bonds is 6. The second-order valence-corrected chi connectivity index (χ2v) is 6.09. The molecule has 1 aromatic heterocycles. The monoisotopic (exact) mass is 321 g/mol. The highest BCUT2D eigenvalue weighted by Gasteiger charge is 2.07. The lowest BCUT2D eigenvalue weighted by atomic mass is 10.1. The van der Waals surface area contributed by atoms with Crippen molar-refractivity contribution in [1.82, 2.24) is 4.98 Å². The first-order valence-corrected chi connectivity index (χ1v) is 9.04. The van der Waals surface area contributed by atoms with Crippen molar-refractivity contribution in [2.45, 2.75) is 27.7 Å². The standard InChI is InChI=1S/C21H27N3/c1-5-23(6-2)18-11-12-20-17(14-18)13-16-9-10-19(15-21(16)22-20)24(7-3)8-4/h9-15H,5-8H2,1-4H3. The number of pyridine rings is 1. The predicted molar refractivity (Wildman–Crippen MR) is 106 cm³/mol. The molecular formula is C21H27N3. The molecular weight excluding hydrogens is 294 g/mol. The van der Waals surface area contributed by atoms with Gasteiger partial charge < -0.3 is 9.80 Å².